The number of rotatable bonds is 9. The van der Waals surface area contributed by atoms with E-state index in [-0.39, 0.29) is 6.10 Å². The Hall–Kier alpha value is -0.970. The van der Waals surface area contributed by atoms with Gasteiger partial charge in [0.1, 0.15) is 6.10 Å². The van der Waals surface area contributed by atoms with Crippen LogP contribution in [0.1, 0.15) is 26.3 Å². The summed E-state index contributed by atoms with van der Waals surface area (Å²) in [5, 5.41) is 4.04. The van der Waals surface area contributed by atoms with Gasteiger partial charge in [-0.25, -0.2) is 0 Å². The molecule has 1 N–H and O–H groups in total. The maximum Gasteiger partial charge on any atom is 0.166 e. The molecule has 0 heterocycles. The number of hydrogen-bond acceptors (Lipinski definition) is 4. The van der Waals surface area contributed by atoms with Crippen LogP contribution in [0.5, 0.6) is 11.5 Å². The molecule has 0 radical (unpaired) electrons. The molecule has 0 fully saturated rings. The minimum atomic E-state index is -0.0612. The standard InChI is InChI=1S/C16H26ClNO3/c1-11(2)8-18-9-13-6-14(17)7-15(20-5)16(13)21-12(3)10-19-4/h6-7,11-12,18H,8-10H2,1-5H3. The van der Waals surface area contributed by atoms with Crippen molar-refractivity contribution in [3.8, 4) is 11.5 Å². The van der Waals surface area contributed by atoms with Gasteiger partial charge in [0.2, 0.25) is 0 Å². The van der Waals surface area contributed by atoms with Crippen molar-refractivity contribution in [1.82, 2.24) is 5.32 Å². The summed E-state index contributed by atoms with van der Waals surface area (Å²) in [6.45, 7) is 8.44. The maximum atomic E-state index is 6.15. The lowest BCUT2D eigenvalue weighted by Gasteiger charge is -2.20. The summed E-state index contributed by atoms with van der Waals surface area (Å²) in [7, 11) is 3.27. The molecule has 0 aliphatic carbocycles. The Kier molecular flexibility index (Phi) is 7.86. The molecule has 0 saturated heterocycles. The second kappa shape index (κ2) is 9.13. The van der Waals surface area contributed by atoms with E-state index in [1.807, 2.05) is 13.0 Å². The van der Waals surface area contributed by atoms with Crippen LogP contribution in [-0.4, -0.2) is 33.5 Å². The second-order valence-electron chi connectivity index (χ2n) is 5.50. The summed E-state index contributed by atoms with van der Waals surface area (Å²) in [4.78, 5) is 0. The summed E-state index contributed by atoms with van der Waals surface area (Å²) in [6.07, 6.45) is -0.0612. The molecule has 1 aromatic rings. The summed E-state index contributed by atoms with van der Waals surface area (Å²) in [6, 6.07) is 3.68. The highest BCUT2D eigenvalue weighted by Gasteiger charge is 2.15. The van der Waals surface area contributed by atoms with Gasteiger partial charge in [0.05, 0.1) is 13.7 Å². The van der Waals surface area contributed by atoms with E-state index < -0.39 is 0 Å². The SMILES string of the molecule is COCC(C)Oc1c(CNCC(C)C)cc(Cl)cc1OC. The predicted octanol–water partition coefficient (Wildman–Crippen LogP) is 3.51. The number of halogens is 1. The fraction of sp³-hybridized carbons (Fsp3) is 0.625. The highest BCUT2D eigenvalue weighted by atomic mass is 35.5. The molecule has 1 atom stereocenters. The van der Waals surface area contributed by atoms with Crippen LogP contribution in [-0.2, 0) is 11.3 Å². The van der Waals surface area contributed by atoms with Crippen molar-refractivity contribution in [2.45, 2.75) is 33.4 Å². The van der Waals surface area contributed by atoms with Crippen molar-refractivity contribution in [3.63, 3.8) is 0 Å². The number of ether oxygens (including phenoxy) is 3. The van der Waals surface area contributed by atoms with Crippen LogP contribution < -0.4 is 14.8 Å². The topological polar surface area (TPSA) is 39.7 Å². The van der Waals surface area contributed by atoms with Gasteiger partial charge >= 0.3 is 0 Å². The molecule has 120 valence electrons. The molecule has 0 aliphatic rings. The monoisotopic (exact) mass is 315 g/mol. The molecule has 1 aromatic carbocycles. The largest absolute Gasteiger partial charge is 0.493 e. The first-order valence-corrected chi connectivity index (χ1v) is 7.58. The van der Waals surface area contributed by atoms with Gasteiger partial charge in [-0.1, -0.05) is 25.4 Å². The molecule has 0 aromatic heterocycles. The highest BCUT2D eigenvalue weighted by molar-refractivity contribution is 6.30. The summed E-state index contributed by atoms with van der Waals surface area (Å²) in [5.41, 5.74) is 0.989. The first-order chi connectivity index (χ1) is 9.97. The Labute approximate surface area is 132 Å². The smallest absolute Gasteiger partial charge is 0.166 e. The fourth-order valence-corrected chi connectivity index (χ4v) is 2.24. The van der Waals surface area contributed by atoms with Crippen molar-refractivity contribution < 1.29 is 14.2 Å². The van der Waals surface area contributed by atoms with E-state index in [4.69, 9.17) is 25.8 Å². The number of nitrogens with one attached hydrogen (secondary N) is 1. The van der Waals surface area contributed by atoms with Gasteiger partial charge in [0, 0.05) is 30.3 Å². The molecule has 0 saturated carbocycles. The van der Waals surface area contributed by atoms with Crippen LogP contribution in [0.4, 0.5) is 0 Å². The van der Waals surface area contributed by atoms with Gasteiger partial charge < -0.3 is 19.5 Å². The lowest BCUT2D eigenvalue weighted by atomic mass is 10.1. The van der Waals surface area contributed by atoms with Crippen molar-refractivity contribution in [1.29, 1.82) is 0 Å². The third-order valence-electron chi connectivity index (χ3n) is 2.90. The number of benzene rings is 1. The molecule has 0 amide bonds. The Morgan fingerprint density at radius 1 is 1.19 bits per heavy atom. The minimum absolute atomic E-state index is 0.0612. The Bertz CT molecular complexity index is 438. The second-order valence-corrected chi connectivity index (χ2v) is 5.94. The Balaban J connectivity index is 2.93. The predicted molar refractivity (Wildman–Crippen MR) is 86.5 cm³/mol. The van der Waals surface area contributed by atoms with Gasteiger partial charge in [0.25, 0.3) is 0 Å². The van der Waals surface area contributed by atoms with E-state index in [1.165, 1.54) is 0 Å². The van der Waals surface area contributed by atoms with Gasteiger partial charge in [-0.2, -0.15) is 0 Å². The molecule has 21 heavy (non-hydrogen) atoms. The summed E-state index contributed by atoms with van der Waals surface area (Å²) in [5.74, 6) is 1.96. The van der Waals surface area contributed by atoms with Crippen LogP contribution in [0.3, 0.4) is 0 Å². The lowest BCUT2D eigenvalue weighted by Crippen LogP contribution is -2.22. The molecule has 1 unspecified atom stereocenters. The Morgan fingerprint density at radius 3 is 2.48 bits per heavy atom. The maximum absolute atomic E-state index is 6.15. The molecular formula is C16H26ClNO3. The highest BCUT2D eigenvalue weighted by Crippen LogP contribution is 2.35. The van der Waals surface area contributed by atoms with E-state index in [1.54, 1.807) is 20.3 Å². The van der Waals surface area contributed by atoms with E-state index in [0.717, 1.165) is 17.9 Å². The van der Waals surface area contributed by atoms with Crippen LogP contribution in [0.25, 0.3) is 0 Å². The average molecular weight is 316 g/mol. The summed E-state index contributed by atoms with van der Waals surface area (Å²) >= 11 is 6.15. The molecule has 4 nitrogen and oxygen atoms in total. The normalized spacial score (nSPS) is 12.5. The zero-order valence-corrected chi connectivity index (χ0v) is 14.3. The van der Waals surface area contributed by atoms with Gasteiger partial charge in [-0.15, -0.1) is 0 Å². The zero-order chi connectivity index (χ0) is 15.8. The fourth-order valence-electron chi connectivity index (χ4n) is 2.00. The number of methoxy groups -OCH3 is 2. The van der Waals surface area contributed by atoms with Gasteiger partial charge in [0.15, 0.2) is 11.5 Å². The first-order valence-electron chi connectivity index (χ1n) is 7.20. The van der Waals surface area contributed by atoms with E-state index in [0.29, 0.717) is 29.8 Å². The van der Waals surface area contributed by atoms with Crippen LogP contribution in [0, 0.1) is 5.92 Å². The first kappa shape index (κ1) is 18.1. The molecule has 1 rings (SSSR count). The molecule has 5 heteroatoms. The number of hydrogen-bond donors (Lipinski definition) is 1. The van der Waals surface area contributed by atoms with Crippen LogP contribution >= 0.6 is 11.6 Å². The zero-order valence-electron chi connectivity index (χ0n) is 13.5. The lowest BCUT2D eigenvalue weighted by molar-refractivity contribution is 0.0892. The van der Waals surface area contributed by atoms with Gasteiger partial charge in [-0.3, -0.25) is 0 Å². The van der Waals surface area contributed by atoms with Crippen molar-refractivity contribution in [2.75, 3.05) is 27.4 Å². The van der Waals surface area contributed by atoms with Crippen molar-refractivity contribution >= 4 is 11.6 Å². The molecular weight excluding hydrogens is 290 g/mol. The third kappa shape index (κ3) is 6.12. The van der Waals surface area contributed by atoms with E-state index in [9.17, 15) is 0 Å². The average Bonchev–Trinajstić information content (AvgIpc) is 2.41. The van der Waals surface area contributed by atoms with E-state index >= 15 is 0 Å². The van der Waals surface area contributed by atoms with Crippen LogP contribution in [0.2, 0.25) is 5.02 Å². The van der Waals surface area contributed by atoms with Crippen LogP contribution in [0.15, 0.2) is 12.1 Å². The molecule has 0 bridgehead atoms. The Morgan fingerprint density at radius 2 is 1.90 bits per heavy atom. The molecule has 0 aliphatic heterocycles. The molecule has 0 spiro atoms. The van der Waals surface area contributed by atoms with Gasteiger partial charge in [-0.05, 0) is 25.5 Å². The third-order valence-corrected chi connectivity index (χ3v) is 3.12. The van der Waals surface area contributed by atoms with Crippen molar-refractivity contribution in [3.05, 3.63) is 22.7 Å². The van der Waals surface area contributed by atoms with Crippen molar-refractivity contribution in [2.24, 2.45) is 5.92 Å². The van der Waals surface area contributed by atoms with E-state index in [2.05, 4.69) is 19.2 Å². The minimum Gasteiger partial charge on any atom is -0.493 e. The quantitative estimate of drug-likeness (QED) is 0.757. The summed E-state index contributed by atoms with van der Waals surface area (Å²) < 4.78 is 16.5.